The summed E-state index contributed by atoms with van der Waals surface area (Å²) in [5, 5.41) is 3.30. The Morgan fingerprint density at radius 2 is 2.05 bits per heavy atom. The van der Waals surface area contributed by atoms with Crippen LogP contribution in [0.15, 0.2) is 36.7 Å². The number of aromatic nitrogens is 2. The van der Waals surface area contributed by atoms with Gasteiger partial charge in [-0.15, -0.1) is 0 Å². The second-order valence-electron chi connectivity index (χ2n) is 4.18. The molecular weight excluding hydrogens is 238 g/mol. The Bertz CT molecular complexity index is 528. The van der Waals surface area contributed by atoms with Gasteiger partial charge < -0.3 is 10.1 Å². The first-order valence-corrected chi connectivity index (χ1v) is 6.58. The Morgan fingerprint density at radius 3 is 2.84 bits per heavy atom. The zero-order valence-electron chi connectivity index (χ0n) is 11.4. The number of nitrogens with zero attached hydrogens (tertiary/aromatic N) is 2. The molecule has 100 valence electrons. The predicted octanol–water partition coefficient (Wildman–Crippen LogP) is 3.05. The molecule has 1 N–H and O–H groups in total. The Balaban J connectivity index is 1.99. The average Bonchev–Trinajstić information content (AvgIpc) is 2.46. The third-order valence-corrected chi connectivity index (χ3v) is 2.77. The maximum absolute atomic E-state index is 5.48. The fraction of sp³-hybridized carbons (Fsp3) is 0.333. The Hall–Kier alpha value is -2.10. The minimum absolute atomic E-state index is 0.683. The van der Waals surface area contributed by atoms with Crippen LogP contribution in [0.1, 0.15) is 25.1 Å². The summed E-state index contributed by atoms with van der Waals surface area (Å²) in [6.07, 6.45) is 2.51. The molecule has 0 spiro atoms. The van der Waals surface area contributed by atoms with E-state index in [2.05, 4.69) is 28.3 Å². The maximum Gasteiger partial charge on any atom is 0.129 e. The molecular formula is C15H19N3O. The van der Waals surface area contributed by atoms with Crippen molar-refractivity contribution in [2.75, 3.05) is 11.9 Å². The van der Waals surface area contributed by atoms with E-state index in [-0.39, 0.29) is 0 Å². The highest BCUT2D eigenvalue weighted by atomic mass is 16.5. The molecule has 1 aromatic carbocycles. The van der Waals surface area contributed by atoms with Gasteiger partial charge in [-0.05, 0) is 31.0 Å². The summed E-state index contributed by atoms with van der Waals surface area (Å²) in [5.74, 6) is 1.76. The first-order valence-electron chi connectivity index (χ1n) is 6.58. The van der Waals surface area contributed by atoms with Gasteiger partial charge in [0.25, 0.3) is 0 Å². The average molecular weight is 257 g/mol. The molecule has 2 aromatic rings. The highest BCUT2D eigenvalue weighted by molar-refractivity contribution is 5.37. The van der Waals surface area contributed by atoms with Gasteiger partial charge in [-0.3, -0.25) is 0 Å². The highest BCUT2D eigenvalue weighted by Gasteiger charge is 1.99. The van der Waals surface area contributed by atoms with Gasteiger partial charge in [0.2, 0.25) is 0 Å². The fourth-order valence-electron chi connectivity index (χ4n) is 1.79. The van der Waals surface area contributed by atoms with Crippen molar-refractivity contribution in [3.05, 3.63) is 47.9 Å². The van der Waals surface area contributed by atoms with Gasteiger partial charge in [0.15, 0.2) is 0 Å². The van der Waals surface area contributed by atoms with Gasteiger partial charge in [0, 0.05) is 18.3 Å². The molecule has 1 aromatic heterocycles. The number of aryl methyl sites for hydroxylation is 1. The van der Waals surface area contributed by atoms with Crippen LogP contribution in [0.3, 0.4) is 0 Å². The monoisotopic (exact) mass is 257 g/mol. The van der Waals surface area contributed by atoms with Gasteiger partial charge in [-0.2, -0.15) is 0 Å². The largest absolute Gasteiger partial charge is 0.494 e. The molecule has 0 unspecified atom stereocenters. The summed E-state index contributed by atoms with van der Waals surface area (Å²) in [5.41, 5.74) is 2.21. The lowest BCUT2D eigenvalue weighted by Gasteiger charge is -2.08. The summed E-state index contributed by atoms with van der Waals surface area (Å²) in [6.45, 7) is 5.47. The highest BCUT2D eigenvalue weighted by Crippen LogP contribution is 2.14. The topological polar surface area (TPSA) is 47.0 Å². The standard InChI is InChI=1S/C15H19N3O/c1-3-13-9-15(18-11-17-13)16-10-12-6-5-7-14(8-12)19-4-2/h5-9,11H,3-4,10H2,1-2H3,(H,16,17,18). The molecule has 0 atom stereocenters. The van der Waals surface area contributed by atoms with Crippen molar-refractivity contribution < 1.29 is 4.74 Å². The lowest BCUT2D eigenvalue weighted by atomic mass is 10.2. The Labute approximate surface area is 113 Å². The van der Waals surface area contributed by atoms with Crippen molar-refractivity contribution in [1.29, 1.82) is 0 Å². The van der Waals surface area contributed by atoms with E-state index in [1.807, 2.05) is 31.2 Å². The molecule has 0 radical (unpaired) electrons. The smallest absolute Gasteiger partial charge is 0.129 e. The van der Waals surface area contributed by atoms with Crippen molar-refractivity contribution in [1.82, 2.24) is 9.97 Å². The number of hydrogen-bond acceptors (Lipinski definition) is 4. The van der Waals surface area contributed by atoms with Crippen LogP contribution in [0.25, 0.3) is 0 Å². The van der Waals surface area contributed by atoms with Crippen molar-refractivity contribution in [3.8, 4) is 5.75 Å². The lowest BCUT2D eigenvalue weighted by molar-refractivity contribution is 0.340. The second-order valence-corrected chi connectivity index (χ2v) is 4.18. The molecule has 0 saturated carbocycles. The minimum Gasteiger partial charge on any atom is -0.494 e. The molecule has 2 rings (SSSR count). The number of ether oxygens (including phenoxy) is 1. The number of rotatable bonds is 6. The SMILES string of the molecule is CCOc1cccc(CNc2cc(CC)ncn2)c1. The summed E-state index contributed by atoms with van der Waals surface area (Å²) in [6, 6.07) is 10.1. The van der Waals surface area contributed by atoms with E-state index in [0.717, 1.165) is 30.2 Å². The molecule has 4 nitrogen and oxygen atoms in total. The molecule has 0 amide bonds. The fourth-order valence-corrected chi connectivity index (χ4v) is 1.79. The van der Waals surface area contributed by atoms with Crippen LogP contribution in [0.5, 0.6) is 5.75 Å². The van der Waals surface area contributed by atoms with Gasteiger partial charge in [-0.1, -0.05) is 19.1 Å². The summed E-state index contributed by atoms with van der Waals surface area (Å²) >= 11 is 0. The van der Waals surface area contributed by atoms with Crippen molar-refractivity contribution >= 4 is 5.82 Å². The van der Waals surface area contributed by atoms with Crippen LogP contribution in [-0.2, 0) is 13.0 Å². The van der Waals surface area contributed by atoms with Crippen molar-refractivity contribution in [2.45, 2.75) is 26.8 Å². The first-order chi connectivity index (χ1) is 9.31. The van der Waals surface area contributed by atoms with Gasteiger partial charge in [-0.25, -0.2) is 9.97 Å². The molecule has 19 heavy (non-hydrogen) atoms. The van der Waals surface area contributed by atoms with E-state index < -0.39 is 0 Å². The Morgan fingerprint density at radius 1 is 1.16 bits per heavy atom. The predicted molar refractivity (Wildman–Crippen MR) is 76.3 cm³/mol. The van der Waals surface area contributed by atoms with Crippen LogP contribution in [-0.4, -0.2) is 16.6 Å². The maximum atomic E-state index is 5.48. The molecule has 0 fully saturated rings. The summed E-state index contributed by atoms with van der Waals surface area (Å²) < 4.78 is 5.48. The molecule has 0 saturated heterocycles. The van der Waals surface area contributed by atoms with Crippen molar-refractivity contribution in [3.63, 3.8) is 0 Å². The second kappa shape index (κ2) is 6.73. The Kier molecular flexibility index (Phi) is 4.72. The van der Waals surface area contributed by atoms with Gasteiger partial charge in [0.1, 0.15) is 17.9 Å². The van der Waals surface area contributed by atoms with Crippen molar-refractivity contribution in [2.24, 2.45) is 0 Å². The summed E-state index contributed by atoms with van der Waals surface area (Å²) in [4.78, 5) is 8.39. The molecule has 0 aliphatic carbocycles. The molecule has 0 aliphatic heterocycles. The number of nitrogens with one attached hydrogen (secondary N) is 1. The van der Waals surface area contributed by atoms with Crippen LogP contribution in [0.2, 0.25) is 0 Å². The van der Waals surface area contributed by atoms with Crippen LogP contribution in [0, 0.1) is 0 Å². The quantitative estimate of drug-likeness (QED) is 0.864. The van der Waals surface area contributed by atoms with Crippen LogP contribution in [0.4, 0.5) is 5.82 Å². The van der Waals surface area contributed by atoms with E-state index in [1.165, 1.54) is 5.56 Å². The molecule has 0 aliphatic rings. The normalized spacial score (nSPS) is 10.2. The van der Waals surface area contributed by atoms with E-state index >= 15 is 0 Å². The molecule has 1 heterocycles. The van der Waals surface area contributed by atoms with Crippen LogP contribution >= 0.6 is 0 Å². The molecule has 0 bridgehead atoms. The third-order valence-electron chi connectivity index (χ3n) is 2.77. The zero-order valence-corrected chi connectivity index (χ0v) is 11.4. The van der Waals surface area contributed by atoms with E-state index in [9.17, 15) is 0 Å². The summed E-state index contributed by atoms with van der Waals surface area (Å²) in [7, 11) is 0. The lowest BCUT2D eigenvalue weighted by Crippen LogP contribution is -2.03. The third kappa shape index (κ3) is 3.95. The van der Waals surface area contributed by atoms with E-state index in [0.29, 0.717) is 6.61 Å². The zero-order chi connectivity index (χ0) is 13.5. The molecule has 4 heteroatoms. The van der Waals surface area contributed by atoms with Gasteiger partial charge in [0.05, 0.1) is 6.61 Å². The van der Waals surface area contributed by atoms with E-state index in [4.69, 9.17) is 4.74 Å². The number of anilines is 1. The number of benzene rings is 1. The van der Waals surface area contributed by atoms with E-state index in [1.54, 1.807) is 6.33 Å². The number of hydrogen-bond donors (Lipinski definition) is 1. The van der Waals surface area contributed by atoms with Crippen LogP contribution < -0.4 is 10.1 Å². The first kappa shape index (κ1) is 13.3. The minimum atomic E-state index is 0.683. The van der Waals surface area contributed by atoms with Gasteiger partial charge >= 0.3 is 0 Å².